The molecule has 0 spiro atoms. The summed E-state index contributed by atoms with van der Waals surface area (Å²) in [5.41, 5.74) is 4.64. The minimum atomic E-state index is -0.265. The third-order valence-corrected chi connectivity index (χ3v) is 4.27. The number of aromatic nitrogens is 1. The SMILES string of the molecule is Fc1ccc(-n2c(C#CC#Cc3ccccc3)ccc2-c2ccccc2)cc1. The van der Waals surface area contributed by atoms with Gasteiger partial charge in [0.15, 0.2) is 0 Å². The zero-order chi connectivity index (χ0) is 19.2. The minimum Gasteiger partial charge on any atom is -0.303 e. The van der Waals surface area contributed by atoms with Crippen molar-refractivity contribution in [2.45, 2.75) is 0 Å². The Balaban J connectivity index is 1.76. The Hall–Kier alpha value is -4.01. The summed E-state index contributed by atoms with van der Waals surface area (Å²) >= 11 is 0. The molecule has 0 aliphatic heterocycles. The van der Waals surface area contributed by atoms with E-state index >= 15 is 0 Å². The van der Waals surface area contributed by atoms with E-state index in [0.29, 0.717) is 0 Å². The molecule has 0 fully saturated rings. The van der Waals surface area contributed by atoms with Crippen LogP contribution in [-0.2, 0) is 0 Å². The van der Waals surface area contributed by atoms with Crippen LogP contribution in [0.15, 0.2) is 97.1 Å². The summed E-state index contributed by atoms with van der Waals surface area (Å²) in [6.45, 7) is 0. The van der Waals surface area contributed by atoms with Crippen LogP contribution in [0.5, 0.6) is 0 Å². The number of hydrogen-bond donors (Lipinski definition) is 0. The first-order valence-electron chi connectivity index (χ1n) is 8.91. The lowest BCUT2D eigenvalue weighted by molar-refractivity contribution is 0.627. The second-order valence-electron chi connectivity index (χ2n) is 6.15. The summed E-state index contributed by atoms with van der Waals surface area (Å²) in [4.78, 5) is 0. The second-order valence-corrected chi connectivity index (χ2v) is 6.15. The van der Waals surface area contributed by atoms with Crippen LogP contribution in [0.25, 0.3) is 16.9 Å². The van der Waals surface area contributed by atoms with Crippen molar-refractivity contribution in [1.29, 1.82) is 0 Å². The summed E-state index contributed by atoms with van der Waals surface area (Å²) in [7, 11) is 0. The normalized spacial score (nSPS) is 9.75. The van der Waals surface area contributed by atoms with Crippen molar-refractivity contribution in [1.82, 2.24) is 4.57 Å². The second kappa shape index (κ2) is 8.12. The first-order chi connectivity index (χ1) is 13.8. The van der Waals surface area contributed by atoms with E-state index in [0.717, 1.165) is 28.2 Å². The lowest BCUT2D eigenvalue weighted by Crippen LogP contribution is -1.99. The Morgan fingerprint density at radius 3 is 1.96 bits per heavy atom. The van der Waals surface area contributed by atoms with Gasteiger partial charge in [0.1, 0.15) is 5.82 Å². The topological polar surface area (TPSA) is 4.93 Å². The summed E-state index contributed by atoms with van der Waals surface area (Å²) in [6.07, 6.45) is 0. The molecule has 1 nitrogen and oxygen atoms in total. The van der Waals surface area contributed by atoms with Crippen LogP contribution < -0.4 is 0 Å². The Morgan fingerprint density at radius 1 is 0.607 bits per heavy atom. The van der Waals surface area contributed by atoms with Gasteiger partial charge in [0, 0.05) is 11.3 Å². The van der Waals surface area contributed by atoms with Gasteiger partial charge < -0.3 is 4.57 Å². The van der Waals surface area contributed by atoms with Gasteiger partial charge >= 0.3 is 0 Å². The maximum Gasteiger partial charge on any atom is 0.123 e. The fourth-order valence-corrected chi connectivity index (χ4v) is 2.96. The molecule has 28 heavy (non-hydrogen) atoms. The number of nitrogens with zero attached hydrogens (tertiary/aromatic N) is 1. The first-order valence-corrected chi connectivity index (χ1v) is 8.91. The van der Waals surface area contributed by atoms with Gasteiger partial charge in [-0.05, 0) is 71.9 Å². The van der Waals surface area contributed by atoms with E-state index in [4.69, 9.17) is 0 Å². The average molecular weight is 361 g/mol. The summed E-state index contributed by atoms with van der Waals surface area (Å²) in [5.74, 6) is 11.7. The summed E-state index contributed by atoms with van der Waals surface area (Å²) in [5, 5.41) is 0. The van der Waals surface area contributed by atoms with Gasteiger partial charge in [-0.15, -0.1) is 0 Å². The Morgan fingerprint density at radius 2 is 1.25 bits per heavy atom. The van der Waals surface area contributed by atoms with Crippen LogP contribution in [0, 0.1) is 29.5 Å². The highest BCUT2D eigenvalue weighted by Crippen LogP contribution is 2.26. The van der Waals surface area contributed by atoms with Gasteiger partial charge in [0.05, 0.1) is 11.4 Å². The van der Waals surface area contributed by atoms with E-state index in [2.05, 4.69) is 23.7 Å². The molecule has 0 aliphatic rings. The molecule has 4 rings (SSSR count). The molecule has 0 aliphatic carbocycles. The minimum absolute atomic E-state index is 0.265. The molecule has 132 valence electrons. The van der Waals surface area contributed by atoms with Crippen molar-refractivity contribution < 1.29 is 4.39 Å². The van der Waals surface area contributed by atoms with Gasteiger partial charge in [0.25, 0.3) is 0 Å². The molecule has 0 radical (unpaired) electrons. The molecule has 0 bridgehead atoms. The fourth-order valence-electron chi connectivity index (χ4n) is 2.96. The molecule has 1 aromatic heterocycles. The van der Waals surface area contributed by atoms with Crippen molar-refractivity contribution in [2.24, 2.45) is 0 Å². The zero-order valence-electron chi connectivity index (χ0n) is 15.1. The fraction of sp³-hybridized carbons (Fsp3) is 0. The van der Waals surface area contributed by atoms with E-state index in [-0.39, 0.29) is 5.82 Å². The van der Waals surface area contributed by atoms with Crippen molar-refractivity contribution in [3.05, 3.63) is 114 Å². The quantitative estimate of drug-likeness (QED) is 0.404. The standard InChI is InChI=1S/C26H16FN/c27-23-15-17-25(18-16-23)28-24(14-8-7-11-21-9-3-1-4-10-21)19-20-26(28)22-12-5-2-6-13-22/h1-6,9-10,12-13,15-20H. The number of rotatable bonds is 2. The number of benzene rings is 3. The first kappa shape index (κ1) is 17.4. The van der Waals surface area contributed by atoms with Gasteiger partial charge in [-0.2, -0.15) is 0 Å². The number of halogens is 1. The molecule has 0 amide bonds. The highest BCUT2D eigenvalue weighted by atomic mass is 19.1. The predicted molar refractivity (Wildman–Crippen MR) is 111 cm³/mol. The highest BCUT2D eigenvalue weighted by molar-refractivity contribution is 5.66. The third-order valence-electron chi connectivity index (χ3n) is 4.27. The van der Waals surface area contributed by atoms with E-state index in [1.807, 2.05) is 77.4 Å². The molecule has 2 heteroatoms. The molecular weight excluding hydrogens is 345 g/mol. The van der Waals surface area contributed by atoms with E-state index in [1.54, 1.807) is 12.1 Å². The lowest BCUT2D eigenvalue weighted by Gasteiger charge is -2.11. The predicted octanol–water partition coefficient (Wildman–Crippen LogP) is 5.69. The largest absolute Gasteiger partial charge is 0.303 e. The van der Waals surface area contributed by atoms with E-state index < -0.39 is 0 Å². The van der Waals surface area contributed by atoms with Gasteiger partial charge in [0.2, 0.25) is 0 Å². The molecule has 1 heterocycles. The average Bonchev–Trinajstić information content (AvgIpc) is 3.17. The van der Waals surface area contributed by atoms with Crippen LogP contribution in [0.2, 0.25) is 0 Å². The van der Waals surface area contributed by atoms with Crippen molar-refractivity contribution in [3.8, 4) is 40.6 Å². The van der Waals surface area contributed by atoms with Crippen molar-refractivity contribution in [2.75, 3.05) is 0 Å². The Bertz CT molecular complexity index is 1200. The maximum atomic E-state index is 13.4. The van der Waals surface area contributed by atoms with Gasteiger partial charge in [-0.1, -0.05) is 54.5 Å². The van der Waals surface area contributed by atoms with Crippen LogP contribution in [0.3, 0.4) is 0 Å². The summed E-state index contributed by atoms with van der Waals surface area (Å²) < 4.78 is 15.4. The molecule has 0 atom stereocenters. The van der Waals surface area contributed by atoms with Gasteiger partial charge in [-0.25, -0.2) is 4.39 Å². The van der Waals surface area contributed by atoms with Crippen molar-refractivity contribution >= 4 is 0 Å². The van der Waals surface area contributed by atoms with E-state index in [1.165, 1.54) is 12.1 Å². The highest BCUT2D eigenvalue weighted by Gasteiger charge is 2.10. The number of hydrogen-bond acceptors (Lipinski definition) is 0. The molecule has 0 saturated carbocycles. The van der Waals surface area contributed by atoms with Crippen molar-refractivity contribution in [3.63, 3.8) is 0 Å². The van der Waals surface area contributed by atoms with Crippen LogP contribution in [0.1, 0.15) is 11.3 Å². The molecular formula is C26H16FN. The Labute approximate surface area is 164 Å². The maximum absolute atomic E-state index is 13.4. The molecule has 3 aromatic carbocycles. The molecule has 0 N–H and O–H groups in total. The smallest absolute Gasteiger partial charge is 0.123 e. The van der Waals surface area contributed by atoms with Crippen LogP contribution in [0.4, 0.5) is 4.39 Å². The zero-order valence-corrected chi connectivity index (χ0v) is 15.1. The van der Waals surface area contributed by atoms with Crippen LogP contribution >= 0.6 is 0 Å². The Kier molecular flexibility index (Phi) is 5.05. The van der Waals surface area contributed by atoms with Crippen LogP contribution in [-0.4, -0.2) is 4.57 Å². The monoisotopic (exact) mass is 361 g/mol. The molecule has 4 aromatic rings. The lowest BCUT2D eigenvalue weighted by atomic mass is 10.1. The summed E-state index contributed by atoms with van der Waals surface area (Å²) in [6, 6.07) is 30.2. The molecule has 0 unspecified atom stereocenters. The molecule has 0 saturated heterocycles. The van der Waals surface area contributed by atoms with E-state index in [9.17, 15) is 4.39 Å². The van der Waals surface area contributed by atoms with Gasteiger partial charge in [-0.3, -0.25) is 0 Å². The third kappa shape index (κ3) is 3.88.